The van der Waals surface area contributed by atoms with E-state index >= 15 is 0 Å². The standard InChI is InChI=1S/C32H36F6N4O4S.ClH/c1-2-40-26-15-23(16-27(18-26)42-10-6-7-11-47(42,45)46)30(44)41-28(14-21-8-4-3-5-9-21)29(43)20-39-19-22-12-24(31(33,34)35)17-25(13-22)32(36,37)38;/h3-5,8-9,12-13,15-18,28-29,39-40,43H,2,6-7,10-11,14,19-20H2,1H3,(H,41,44);1H/t28-,29+;/m0./s1. The van der Waals surface area contributed by atoms with Crippen molar-refractivity contribution >= 4 is 39.7 Å². The number of carbonyl (C=O) groups is 1. The Labute approximate surface area is 281 Å². The second-order valence-corrected chi connectivity index (χ2v) is 13.3. The normalized spacial score (nSPS) is 16.0. The number of nitrogens with one attached hydrogen (secondary N) is 3. The molecule has 3 aromatic rings. The zero-order valence-corrected chi connectivity index (χ0v) is 27.5. The molecule has 1 heterocycles. The fraction of sp³-hybridized carbons (Fsp3) is 0.406. The molecule has 4 N–H and O–H groups in total. The van der Waals surface area contributed by atoms with Crippen molar-refractivity contribution in [3.63, 3.8) is 0 Å². The summed E-state index contributed by atoms with van der Waals surface area (Å²) in [7, 11) is -3.58. The highest BCUT2D eigenvalue weighted by Crippen LogP contribution is 2.36. The molecule has 8 nitrogen and oxygen atoms in total. The molecule has 3 aromatic carbocycles. The van der Waals surface area contributed by atoms with Crippen LogP contribution in [0.4, 0.5) is 37.7 Å². The van der Waals surface area contributed by atoms with Crippen LogP contribution in [-0.2, 0) is 35.3 Å². The number of halogens is 7. The van der Waals surface area contributed by atoms with Gasteiger partial charge in [-0.25, -0.2) is 8.42 Å². The fourth-order valence-corrected chi connectivity index (χ4v) is 6.93. The van der Waals surface area contributed by atoms with Crippen molar-refractivity contribution in [1.29, 1.82) is 0 Å². The number of amides is 1. The van der Waals surface area contributed by atoms with E-state index in [2.05, 4.69) is 16.0 Å². The van der Waals surface area contributed by atoms with Gasteiger partial charge in [-0.2, -0.15) is 26.3 Å². The smallest absolute Gasteiger partial charge is 0.390 e. The number of carbonyl (C=O) groups excluding carboxylic acids is 1. The summed E-state index contributed by atoms with van der Waals surface area (Å²) >= 11 is 0. The van der Waals surface area contributed by atoms with Crippen molar-refractivity contribution in [3.05, 3.63) is 94.5 Å². The number of hydrogen-bond donors (Lipinski definition) is 4. The molecule has 0 spiro atoms. The monoisotopic (exact) mass is 722 g/mol. The molecule has 264 valence electrons. The molecule has 0 saturated carbocycles. The predicted molar refractivity (Wildman–Crippen MR) is 174 cm³/mol. The first-order chi connectivity index (χ1) is 22.1. The maximum Gasteiger partial charge on any atom is 0.416 e. The molecule has 0 aromatic heterocycles. The molecule has 0 bridgehead atoms. The summed E-state index contributed by atoms with van der Waals surface area (Å²) in [5, 5.41) is 19.7. The Morgan fingerprint density at radius 2 is 1.56 bits per heavy atom. The van der Waals surface area contributed by atoms with Crippen LogP contribution in [0.15, 0.2) is 66.7 Å². The molecular formula is C32H37ClF6N4O4S. The number of rotatable bonds is 12. The van der Waals surface area contributed by atoms with Crippen LogP contribution in [0.3, 0.4) is 0 Å². The van der Waals surface area contributed by atoms with Gasteiger partial charge in [0.05, 0.1) is 34.7 Å². The zero-order chi connectivity index (χ0) is 34.4. The van der Waals surface area contributed by atoms with Gasteiger partial charge >= 0.3 is 12.4 Å². The van der Waals surface area contributed by atoms with E-state index in [4.69, 9.17) is 0 Å². The van der Waals surface area contributed by atoms with Gasteiger partial charge in [0.2, 0.25) is 10.0 Å². The summed E-state index contributed by atoms with van der Waals surface area (Å²) in [4.78, 5) is 13.6. The number of hydrogen-bond acceptors (Lipinski definition) is 6. The molecular weight excluding hydrogens is 686 g/mol. The molecule has 4 rings (SSSR count). The average molecular weight is 723 g/mol. The first kappa shape index (κ1) is 38.9. The lowest BCUT2D eigenvalue weighted by Crippen LogP contribution is -2.48. The van der Waals surface area contributed by atoms with Gasteiger partial charge in [-0.1, -0.05) is 30.3 Å². The van der Waals surface area contributed by atoms with Crippen LogP contribution in [0.5, 0.6) is 0 Å². The highest BCUT2D eigenvalue weighted by Gasteiger charge is 2.37. The Bertz CT molecular complexity index is 1610. The van der Waals surface area contributed by atoms with Gasteiger partial charge in [0.1, 0.15) is 0 Å². The number of benzene rings is 3. The third kappa shape index (κ3) is 10.5. The Morgan fingerprint density at radius 3 is 2.15 bits per heavy atom. The first-order valence-corrected chi connectivity index (χ1v) is 16.6. The highest BCUT2D eigenvalue weighted by molar-refractivity contribution is 7.92. The van der Waals surface area contributed by atoms with E-state index in [9.17, 15) is 44.7 Å². The minimum Gasteiger partial charge on any atom is -0.390 e. The molecule has 0 aliphatic carbocycles. The van der Waals surface area contributed by atoms with E-state index in [0.29, 0.717) is 42.9 Å². The van der Waals surface area contributed by atoms with Gasteiger partial charge in [0.15, 0.2) is 0 Å². The number of anilines is 2. The van der Waals surface area contributed by atoms with Crippen molar-refractivity contribution in [3.8, 4) is 0 Å². The third-order valence-electron chi connectivity index (χ3n) is 7.61. The molecule has 1 aliphatic rings. The van der Waals surface area contributed by atoms with E-state index in [0.717, 1.165) is 5.56 Å². The van der Waals surface area contributed by atoms with E-state index in [1.54, 1.807) is 42.5 Å². The molecule has 48 heavy (non-hydrogen) atoms. The molecule has 0 radical (unpaired) electrons. The summed E-state index contributed by atoms with van der Waals surface area (Å²) in [6.07, 6.45) is -10.00. The van der Waals surface area contributed by atoms with E-state index in [-0.39, 0.29) is 54.9 Å². The summed E-state index contributed by atoms with van der Waals surface area (Å²) in [6.45, 7) is 1.89. The number of nitrogens with zero attached hydrogens (tertiary/aromatic N) is 1. The van der Waals surface area contributed by atoms with Gasteiger partial charge in [-0.15, -0.1) is 12.4 Å². The fourth-order valence-electron chi connectivity index (χ4n) is 5.30. The van der Waals surface area contributed by atoms with Crippen LogP contribution in [0, 0.1) is 0 Å². The Morgan fingerprint density at radius 1 is 0.917 bits per heavy atom. The molecule has 1 fully saturated rings. The first-order valence-electron chi connectivity index (χ1n) is 15.0. The maximum absolute atomic E-state index is 13.6. The number of aliphatic hydroxyl groups excluding tert-OH is 1. The Hall–Kier alpha value is -3.53. The van der Waals surface area contributed by atoms with Gasteiger partial charge in [-0.3, -0.25) is 9.10 Å². The maximum atomic E-state index is 13.6. The average Bonchev–Trinajstić information content (AvgIpc) is 3.00. The van der Waals surface area contributed by atoms with Crippen LogP contribution < -0.4 is 20.3 Å². The quantitative estimate of drug-likeness (QED) is 0.171. The van der Waals surface area contributed by atoms with Gasteiger partial charge in [0, 0.05) is 37.4 Å². The number of sulfonamides is 1. The second kappa shape index (κ2) is 16.2. The molecule has 16 heteroatoms. The molecule has 0 unspecified atom stereocenters. The second-order valence-electron chi connectivity index (χ2n) is 11.3. The summed E-state index contributed by atoms with van der Waals surface area (Å²) in [6, 6.07) is 13.8. The lowest BCUT2D eigenvalue weighted by molar-refractivity contribution is -0.143. The minimum absolute atomic E-state index is 0. The molecule has 1 saturated heterocycles. The highest BCUT2D eigenvalue weighted by atomic mass is 35.5. The zero-order valence-electron chi connectivity index (χ0n) is 25.9. The van der Waals surface area contributed by atoms with Crippen LogP contribution >= 0.6 is 12.4 Å². The summed E-state index contributed by atoms with van der Waals surface area (Å²) < 4.78 is 107. The van der Waals surface area contributed by atoms with E-state index < -0.39 is 58.1 Å². The lowest BCUT2D eigenvalue weighted by atomic mass is 10.00. The largest absolute Gasteiger partial charge is 0.416 e. The number of aliphatic hydroxyl groups is 1. The lowest BCUT2D eigenvalue weighted by Gasteiger charge is -2.29. The van der Waals surface area contributed by atoms with Crippen LogP contribution in [0.25, 0.3) is 0 Å². The summed E-state index contributed by atoms with van der Waals surface area (Å²) in [5.74, 6) is -0.635. The predicted octanol–water partition coefficient (Wildman–Crippen LogP) is 6.00. The molecule has 1 aliphatic heterocycles. The SMILES string of the molecule is CCNc1cc(C(=O)N[C@@H](Cc2ccccc2)[C@H](O)CNCc2cc(C(F)(F)F)cc(C(F)(F)F)c2)cc(N2CCCCS2(=O)=O)c1.Cl. The summed E-state index contributed by atoms with van der Waals surface area (Å²) in [5.41, 5.74) is -1.49. The van der Waals surface area contributed by atoms with Crippen molar-refractivity contribution in [2.24, 2.45) is 0 Å². The van der Waals surface area contributed by atoms with Crippen molar-refractivity contribution in [2.45, 2.75) is 57.2 Å². The molecule has 1 amide bonds. The van der Waals surface area contributed by atoms with Gasteiger partial charge in [-0.05, 0) is 73.7 Å². The third-order valence-corrected chi connectivity index (χ3v) is 9.48. The Kier molecular flexibility index (Phi) is 13.2. The minimum atomic E-state index is -5.00. The van der Waals surface area contributed by atoms with E-state index in [1.165, 1.54) is 10.4 Å². The van der Waals surface area contributed by atoms with Crippen molar-refractivity contribution in [1.82, 2.24) is 10.6 Å². The van der Waals surface area contributed by atoms with Crippen LogP contribution in [0.2, 0.25) is 0 Å². The van der Waals surface area contributed by atoms with E-state index in [1.807, 2.05) is 6.92 Å². The Balaban J connectivity index is 0.00000625. The van der Waals surface area contributed by atoms with Crippen molar-refractivity contribution in [2.75, 3.05) is 35.0 Å². The van der Waals surface area contributed by atoms with Crippen LogP contribution in [-0.4, -0.2) is 57.0 Å². The molecule has 2 atom stereocenters. The van der Waals surface area contributed by atoms with Crippen LogP contribution in [0.1, 0.15) is 52.4 Å². The van der Waals surface area contributed by atoms with Gasteiger partial charge < -0.3 is 21.1 Å². The van der Waals surface area contributed by atoms with Crippen molar-refractivity contribution < 1.29 is 44.7 Å². The number of alkyl halides is 6. The van der Waals surface area contributed by atoms with Gasteiger partial charge in [0.25, 0.3) is 5.91 Å². The topological polar surface area (TPSA) is 111 Å².